The Morgan fingerprint density at radius 3 is 1.54 bits per heavy atom. The molecule has 5 aliphatic rings. The Hall–Kier alpha value is -2.25. The summed E-state index contributed by atoms with van der Waals surface area (Å²) < 4.78 is 37.7. The number of aliphatic hydroxyl groups is 1. The number of nitrogens with zero attached hydrogens (tertiary/aromatic N) is 2. The summed E-state index contributed by atoms with van der Waals surface area (Å²) in [4.78, 5) is 4.54. The molecular weight excluding hydrogens is 697 g/mol. The minimum Gasteiger partial charge on any atom is -0.491 e. The molecule has 5 aliphatic heterocycles. The van der Waals surface area contributed by atoms with Crippen LogP contribution < -0.4 is 30.3 Å². The van der Waals surface area contributed by atoms with Gasteiger partial charge in [0.05, 0.1) is 57.5 Å². The molecule has 294 valence electrons. The van der Waals surface area contributed by atoms with E-state index in [0.717, 1.165) is 82.9 Å². The van der Waals surface area contributed by atoms with Crippen molar-refractivity contribution in [1.82, 2.24) is 5.32 Å². The van der Waals surface area contributed by atoms with Crippen LogP contribution in [0.3, 0.4) is 0 Å². The maximum atomic E-state index is 10.4. The van der Waals surface area contributed by atoms with E-state index in [9.17, 15) is 5.11 Å². The summed E-state index contributed by atoms with van der Waals surface area (Å²) in [6.45, 7) is 15.9. The predicted octanol–water partition coefficient (Wildman–Crippen LogP) is 1.93. The van der Waals surface area contributed by atoms with Gasteiger partial charge in [-0.1, -0.05) is 25.2 Å². The molecule has 0 aromatic heterocycles. The Bertz CT molecular complexity index is 1220. The lowest BCUT2D eigenvalue weighted by Crippen LogP contribution is -2.40. The standard InChI is InChI=1S/C19H32N2O4Si.C15H19NO4.C4H13NSi.H2/c1-26-8-2-7-20-9-16(22)10-21(11-18-12-24-18)15-3-5-17(6-4-15)23-13-19-14-25-19;1-3-12(17-9-15-10-20-15)4-2-11(1)16(5-13-7-18-13)6-14-8-19-14;1-6-4-2-3-5;/h3-6,16,18-20,22H,2,7-14,26H2,1H3;1-4,13-15H,5-10H2;2-6H2,1H3;1H/i;;;1+1. The third-order valence-electron chi connectivity index (χ3n) is 9.14. The van der Waals surface area contributed by atoms with Crippen LogP contribution in [0, 0.1) is 0 Å². The number of benzene rings is 2. The number of hydrogen-bond acceptors (Lipinski definition) is 12. The first-order valence-electron chi connectivity index (χ1n) is 19.6. The zero-order valence-electron chi connectivity index (χ0n) is 31.5. The quantitative estimate of drug-likeness (QED) is 0.0773. The Morgan fingerprint density at radius 2 is 1.13 bits per heavy atom. The van der Waals surface area contributed by atoms with Crippen molar-refractivity contribution in [3.63, 3.8) is 0 Å². The molecule has 5 saturated heterocycles. The number of hydrogen-bond donors (Lipinski definition) is 3. The second-order valence-corrected chi connectivity index (χ2v) is 17.7. The average Bonchev–Trinajstić information content (AvgIpc) is 3.96. The first-order valence-corrected chi connectivity index (χ1v) is 24.5. The molecule has 14 heteroatoms. The zero-order chi connectivity index (χ0) is 36.4. The second-order valence-electron chi connectivity index (χ2n) is 14.3. The number of rotatable bonds is 25. The number of anilines is 2. The molecule has 0 amide bonds. The van der Waals surface area contributed by atoms with Crippen molar-refractivity contribution in [2.24, 2.45) is 5.73 Å². The summed E-state index contributed by atoms with van der Waals surface area (Å²) in [6.07, 6.45) is 3.70. The molecule has 0 bridgehead atoms. The third-order valence-corrected chi connectivity index (χ3v) is 11.5. The van der Waals surface area contributed by atoms with Crippen LogP contribution in [-0.4, -0.2) is 153 Å². The number of aliphatic hydroxyl groups excluding tert-OH is 1. The minimum absolute atomic E-state index is 0. The van der Waals surface area contributed by atoms with Crippen molar-refractivity contribution in [1.29, 1.82) is 0 Å². The predicted molar refractivity (Wildman–Crippen MR) is 215 cm³/mol. The van der Waals surface area contributed by atoms with Crippen molar-refractivity contribution in [2.45, 2.75) is 74.6 Å². The molecule has 4 N–H and O–H groups in total. The van der Waals surface area contributed by atoms with Gasteiger partial charge in [-0.25, -0.2) is 0 Å². The number of nitrogens with one attached hydrogen (secondary N) is 1. The first-order chi connectivity index (χ1) is 25.5. The maximum Gasteiger partial charge on any atom is 0.119 e. The van der Waals surface area contributed by atoms with Crippen LogP contribution in [0.1, 0.15) is 14.3 Å². The lowest BCUT2D eigenvalue weighted by atomic mass is 10.2. The SMILES string of the molecule is C[SiH2]CCCN.C[SiH2]CCCNCC(O)CN(CC1CO1)c1ccc(OCC2CO2)cc1.[2HH].c1cc(N(CC2CO2)CC2CO2)ccc1OCC1CO1. The van der Waals surface area contributed by atoms with E-state index in [1.807, 2.05) is 24.3 Å². The van der Waals surface area contributed by atoms with E-state index in [1.165, 1.54) is 30.6 Å². The topological polar surface area (TPSA) is 146 Å². The van der Waals surface area contributed by atoms with E-state index in [1.54, 1.807) is 0 Å². The van der Waals surface area contributed by atoms with Gasteiger partial charge in [0.2, 0.25) is 0 Å². The fraction of sp³-hybridized carbons (Fsp3) is 0.684. The summed E-state index contributed by atoms with van der Waals surface area (Å²) in [5, 5.41) is 13.8. The van der Waals surface area contributed by atoms with Crippen molar-refractivity contribution in [3.05, 3.63) is 48.5 Å². The van der Waals surface area contributed by atoms with Crippen LogP contribution in [0.4, 0.5) is 11.4 Å². The summed E-state index contributed by atoms with van der Waals surface area (Å²) in [7, 11) is 0.480. The third kappa shape index (κ3) is 17.7. The fourth-order valence-electron chi connectivity index (χ4n) is 5.52. The van der Waals surface area contributed by atoms with Gasteiger partial charge in [0.1, 0.15) is 36.9 Å². The van der Waals surface area contributed by atoms with Gasteiger partial charge in [-0.3, -0.25) is 0 Å². The summed E-state index contributed by atoms with van der Waals surface area (Å²) in [5.41, 5.74) is 7.53. The van der Waals surface area contributed by atoms with Crippen molar-refractivity contribution in [3.8, 4) is 11.5 Å². The summed E-state index contributed by atoms with van der Waals surface area (Å²) >= 11 is 0. The van der Waals surface area contributed by atoms with Crippen LogP contribution in [-0.2, 0) is 23.7 Å². The highest BCUT2D eigenvalue weighted by molar-refractivity contribution is 6.33. The van der Waals surface area contributed by atoms with E-state index >= 15 is 0 Å². The lowest BCUT2D eigenvalue weighted by Gasteiger charge is -2.27. The highest BCUT2D eigenvalue weighted by Gasteiger charge is 2.31. The van der Waals surface area contributed by atoms with Gasteiger partial charge in [-0.05, 0) is 74.5 Å². The fourth-order valence-corrected chi connectivity index (χ4v) is 7.06. The molecule has 52 heavy (non-hydrogen) atoms. The van der Waals surface area contributed by atoms with Crippen LogP contribution in [0.2, 0.25) is 25.2 Å². The van der Waals surface area contributed by atoms with Crippen LogP contribution in [0.25, 0.3) is 0 Å². The van der Waals surface area contributed by atoms with Gasteiger partial charge < -0.3 is 59.1 Å². The number of ether oxygens (including phenoxy) is 7. The normalized spacial score (nSPS) is 24.0. The highest BCUT2D eigenvalue weighted by Crippen LogP contribution is 2.26. The van der Waals surface area contributed by atoms with E-state index in [-0.39, 0.29) is 23.2 Å². The molecule has 7 rings (SSSR count). The van der Waals surface area contributed by atoms with Crippen molar-refractivity contribution >= 4 is 30.4 Å². The smallest absolute Gasteiger partial charge is 0.119 e. The van der Waals surface area contributed by atoms with Crippen molar-refractivity contribution < 1.29 is 39.7 Å². The molecule has 0 aliphatic carbocycles. The zero-order valence-corrected chi connectivity index (χ0v) is 34.3. The Balaban J connectivity index is 0.000000206. The Labute approximate surface area is 317 Å². The summed E-state index contributed by atoms with van der Waals surface area (Å²) in [6, 6.07) is 19.1. The van der Waals surface area contributed by atoms with E-state index in [2.05, 4.69) is 52.5 Å². The molecule has 0 spiro atoms. The molecule has 5 heterocycles. The van der Waals surface area contributed by atoms with E-state index in [4.69, 9.17) is 38.9 Å². The van der Waals surface area contributed by atoms with Crippen LogP contribution in [0.15, 0.2) is 48.5 Å². The Morgan fingerprint density at radius 1 is 0.712 bits per heavy atom. The van der Waals surface area contributed by atoms with Gasteiger partial charge in [0.15, 0.2) is 0 Å². The average molecular weight is 764 g/mol. The molecule has 2 aromatic carbocycles. The van der Waals surface area contributed by atoms with Gasteiger partial charge in [0.25, 0.3) is 0 Å². The lowest BCUT2D eigenvalue weighted by molar-refractivity contribution is 0.176. The molecule has 12 nitrogen and oxygen atoms in total. The monoisotopic (exact) mass is 763 g/mol. The number of nitrogens with two attached hydrogens (primary N) is 1. The molecule has 0 saturated carbocycles. The van der Waals surface area contributed by atoms with E-state index in [0.29, 0.717) is 54.1 Å². The van der Waals surface area contributed by atoms with Gasteiger partial charge >= 0.3 is 0 Å². The first kappa shape index (κ1) is 40.9. The molecule has 6 unspecified atom stereocenters. The maximum absolute atomic E-state index is 10.4. The summed E-state index contributed by atoms with van der Waals surface area (Å²) in [5.74, 6) is 1.75. The molecular formula is C38H66N4O8Si2. The van der Waals surface area contributed by atoms with Gasteiger partial charge in [-0.15, -0.1) is 0 Å². The van der Waals surface area contributed by atoms with Crippen LogP contribution in [0.5, 0.6) is 11.5 Å². The molecule has 6 atom stereocenters. The number of epoxide rings is 5. The molecule has 5 fully saturated rings. The molecule has 0 radical (unpaired) electrons. The second kappa shape index (κ2) is 22.9. The van der Waals surface area contributed by atoms with Crippen molar-refractivity contribution in [2.75, 3.05) is 102 Å². The highest BCUT2D eigenvalue weighted by atomic mass is 28.2. The van der Waals surface area contributed by atoms with E-state index < -0.39 is 6.10 Å². The van der Waals surface area contributed by atoms with Gasteiger partial charge in [-0.2, -0.15) is 0 Å². The molecule has 2 aromatic rings. The van der Waals surface area contributed by atoms with Crippen LogP contribution >= 0.6 is 0 Å². The van der Waals surface area contributed by atoms with Gasteiger partial charge in [0, 0.05) is 64.6 Å². The minimum atomic E-state index is -0.393. The Kier molecular flexibility index (Phi) is 18.0. The largest absolute Gasteiger partial charge is 0.491 e.